The standard InChI is InChI=1S/C19H33N3O3.HI/c1-16(2)13-22-19(21-9-6-18-5-3-11-25-18)20-8-4-10-23-14-17-7-12-24-15-17;/h3,5,11,16-17H,4,6-10,12-15H2,1-2H3,(H2,20,21,22);1H. The van der Waals surface area contributed by atoms with Gasteiger partial charge in [0.05, 0.1) is 19.5 Å². The van der Waals surface area contributed by atoms with Crippen molar-refractivity contribution in [1.82, 2.24) is 10.6 Å². The molecule has 150 valence electrons. The quantitative estimate of drug-likeness (QED) is 0.221. The van der Waals surface area contributed by atoms with E-state index in [2.05, 4.69) is 29.5 Å². The topological polar surface area (TPSA) is 68.0 Å². The summed E-state index contributed by atoms with van der Waals surface area (Å²) in [4.78, 5) is 4.63. The Morgan fingerprint density at radius 3 is 2.88 bits per heavy atom. The molecule has 0 radical (unpaired) electrons. The van der Waals surface area contributed by atoms with Crippen LogP contribution in [0.15, 0.2) is 27.8 Å². The number of rotatable bonds is 11. The molecule has 1 fully saturated rings. The van der Waals surface area contributed by atoms with Gasteiger partial charge in [-0.25, -0.2) is 0 Å². The average Bonchev–Trinajstić information content (AvgIpc) is 3.28. The highest BCUT2D eigenvalue weighted by molar-refractivity contribution is 14.0. The molecule has 1 atom stereocenters. The van der Waals surface area contributed by atoms with Crippen LogP contribution in [-0.4, -0.2) is 52.0 Å². The first-order chi connectivity index (χ1) is 12.2. The summed E-state index contributed by atoms with van der Waals surface area (Å²) < 4.78 is 16.4. The van der Waals surface area contributed by atoms with E-state index in [1.807, 2.05) is 12.1 Å². The Balaban J connectivity index is 0.00000338. The number of hydrogen-bond donors (Lipinski definition) is 2. The highest BCUT2D eigenvalue weighted by Gasteiger charge is 2.15. The van der Waals surface area contributed by atoms with Crippen molar-refractivity contribution in [2.24, 2.45) is 16.8 Å². The van der Waals surface area contributed by atoms with Crippen molar-refractivity contribution < 1.29 is 13.9 Å². The minimum atomic E-state index is 0. The molecule has 0 bridgehead atoms. The van der Waals surface area contributed by atoms with Crippen LogP contribution < -0.4 is 10.6 Å². The molecular weight excluding hydrogens is 445 g/mol. The van der Waals surface area contributed by atoms with E-state index >= 15 is 0 Å². The van der Waals surface area contributed by atoms with E-state index in [1.54, 1.807) is 6.26 Å². The van der Waals surface area contributed by atoms with Gasteiger partial charge in [0.15, 0.2) is 5.96 Å². The third-order valence-corrected chi connectivity index (χ3v) is 3.99. The third-order valence-electron chi connectivity index (χ3n) is 3.99. The second-order valence-corrected chi connectivity index (χ2v) is 6.92. The number of aliphatic imine (C=N–C) groups is 1. The molecule has 6 nitrogen and oxygen atoms in total. The Labute approximate surface area is 174 Å². The van der Waals surface area contributed by atoms with E-state index in [0.29, 0.717) is 11.8 Å². The van der Waals surface area contributed by atoms with Crippen LogP contribution in [0.4, 0.5) is 0 Å². The molecule has 7 heteroatoms. The van der Waals surface area contributed by atoms with Crippen molar-refractivity contribution in [3.63, 3.8) is 0 Å². The van der Waals surface area contributed by atoms with Gasteiger partial charge in [-0.05, 0) is 30.9 Å². The van der Waals surface area contributed by atoms with Crippen LogP contribution in [0.25, 0.3) is 0 Å². The molecule has 2 N–H and O–H groups in total. The van der Waals surface area contributed by atoms with Gasteiger partial charge in [-0.1, -0.05) is 13.8 Å². The molecule has 26 heavy (non-hydrogen) atoms. The molecule has 1 aliphatic heterocycles. The zero-order valence-corrected chi connectivity index (χ0v) is 18.4. The van der Waals surface area contributed by atoms with Crippen LogP contribution in [0.1, 0.15) is 32.4 Å². The van der Waals surface area contributed by atoms with Gasteiger partial charge in [0.2, 0.25) is 0 Å². The predicted octanol–water partition coefficient (Wildman–Crippen LogP) is 3.07. The Kier molecular flexibility index (Phi) is 12.8. The minimum Gasteiger partial charge on any atom is -0.469 e. The van der Waals surface area contributed by atoms with Crippen LogP contribution in [0.3, 0.4) is 0 Å². The molecule has 0 aromatic carbocycles. The number of nitrogens with one attached hydrogen (secondary N) is 2. The summed E-state index contributed by atoms with van der Waals surface area (Å²) in [6.45, 7) is 10.1. The molecule has 0 aliphatic carbocycles. The lowest BCUT2D eigenvalue weighted by atomic mass is 10.1. The van der Waals surface area contributed by atoms with Crippen molar-refractivity contribution >= 4 is 29.9 Å². The Hall–Kier alpha value is -0.800. The van der Waals surface area contributed by atoms with E-state index in [-0.39, 0.29) is 24.0 Å². The summed E-state index contributed by atoms with van der Waals surface area (Å²) in [5.41, 5.74) is 0. The number of ether oxygens (including phenoxy) is 2. The van der Waals surface area contributed by atoms with E-state index < -0.39 is 0 Å². The van der Waals surface area contributed by atoms with E-state index in [4.69, 9.17) is 13.9 Å². The van der Waals surface area contributed by atoms with E-state index in [9.17, 15) is 0 Å². The Morgan fingerprint density at radius 1 is 1.35 bits per heavy atom. The van der Waals surface area contributed by atoms with Crippen LogP contribution in [0.2, 0.25) is 0 Å². The molecule has 0 spiro atoms. The lowest BCUT2D eigenvalue weighted by molar-refractivity contribution is 0.0888. The normalized spacial score (nSPS) is 17.3. The van der Waals surface area contributed by atoms with Crippen molar-refractivity contribution in [2.45, 2.75) is 33.1 Å². The lowest BCUT2D eigenvalue weighted by Gasteiger charge is -2.13. The number of guanidine groups is 1. The van der Waals surface area contributed by atoms with Crippen LogP contribution in [-0.2, 0) is 15.9 Å². The number of halogens is 1. The van der Waals surface area contributed by atoms with E-state index in [0.717, 1.165) is 77.0 Å². The number of furan rings is 1. The Bertz CT molecular complexity index is 474. The van der Waals surface area contributed by atoms with Gasteiger partial charge in [0.1, 0.15) is 5.76 Å². The number of hydrogen-bond acceptors (Lipinski definition) is 4. The van der Waals surface area contributed by atoms with Crippen LogP contribution in [0.5, 0.6) is 0 Å². The Morgan fingerprint density at radius 2 is 2.19 bits per heavy atom. The van der Waals surface area contributed by atoms with Gasteiger partial charge in [-0.2, -0.15) is 0 Å². The molecule has 1 saturated heterocycles. The first-order valence-corrected chi connectivity index (χ1v) is 9.44. The minimum absolute atomic E-state index is 0. The maximum atomic E-state index is 5.74. The monoisotopic (exact) mass is 479 g/mol. The van der Waals surface area contributed by atoms with Gasteiger partial charge in [0.25, 0.3) is 0 Å². The first-order valence-electron chi connectivity index (χ1n) is 9.44. The molecule has 0 amide bonds. The maximum absolute atomic E-state index is 5.74. The van der Waals surface area contributed by atoms with Gasteiger partial charge in [-0.15, -0.1) is 24.0 Å². The molecule has 1 aromatic rings. The second-order valence-electron chi connectivity index (χ2n) is 6.92. The van der Waals surface area contributed by atoms with Crippen molar-refractivity contribution in [3.8, 4) is 0 Å². The van der Waals surface area contributed by atoms with Gasteiger partial charge in [-0.3, -0.25) is 4.99 Å². The molecule has 2 heterocycles. The SMILES string of the molecule is CC(C)CN=C(NCCCOCC1CCOC1)NCCc1ccco1.I. The molecule has 1 unspecified atom stereocenters. The smallest absolute Gasteiger partial charge is 0.191 e. The van der Waals surface area contributed by atoms with Gasteiger partial charge < -0.3 is 24.5 Å². The van der Waals surface area contributed by atoms with Crippen molar-refractivity contribution in [2.75, 3.05) is 46.1 Å². The summed E-state index contributed by atoms with van der Waals surface area (Å²) in [5.74, 6) is 2.98. The fourth-order valence-electron chi connectivity index (χ4n) is 2.55. The molecule has 2 rings (SSSR count). The molecular formula is C19H34IN3O3. The van der Waals surface area contributed by atoms with Crippen LogP contribution >= 0.6 is 24.0 Å². The lowest BCUT2D eigenvalue weighted by Crippen LogP contribution is -2.39. The van der Waals surface area contributed by atoms with Crippen LogP contribution in [0, 0.1) is 11.8 Å². The molecule has 1 aromatic heterocycles. The summed E-state index contributed by atoms with van der Waals surface area (Å²) >= 11 is 0. The fraction of sp³-hybridized carbons (Fsp3) is 0.737. The van der Waals surface area contributed by atoms with Crippen molar-refractivity contribution in [3.05, 3.63) is 24.2 Å². The van der Waals surface area contributed by atoms with Gasteiger partial charge in [0, 0.05) is 45.2 Å². The summed E-state index contributed by atoms with van der Waals surface area (Å²) in [7, 11) is 0. The third kappa shape index (κ3) is 10.4. The first kappa shape index (κ1) is 23.2. The highest BCUT2D eigenvalue weighted by atomic mass is 127. The zero-order chi connectivity index (χ0) is 17.7. The van der Waals surface area contributed by atoms with E-state index in [1.165, 1.54) is 0 Å². The van der Waals surface area contributed by atoms with Crippen molar-refractivity contribution in [1.29, 1.82) is 0 Å². The van der Waals surface area contributed by atoms with Gasteiger partial charge >= 0.3 is 0 Å². The predicted molar refractivity (Wildman–Crippen MR) is 115 cm³/mol. The summed E-state index contributed by atoms with van der Waals surface area (Å²) in [5, 5.41) is 6.76. The second kappa shape index (κ2) is 14.3. The maximum Gasteiger partial charge on any atom is 0.191 e. The summed E-state index contributed by atoms with van der Waals surface area (Å²) in [6, 6.07) is 3.91. The summed E-state index contributed by atoms with van der Waals surface area (Å²) in [6.07, 6.45) is 4.65. The number of nitrogens with zero attached hydrogens (tertiary/aromatic N) is 1. The molecule has 1 aliphatic rings. The fourth-order valence-corrected chi connectivity index (χ4v) is 2.55. The largest absolute Gasteiger partial charge is 0.469 e. The highest BCUT2D eigenvalue weighted by Crippen LogP contribution is 2.12. The average molecular weight is 479 g/mol. The zero-order valence-electron chi connectivity index (χ0n) is 16.0. The molecule has 0 saturated carbocycles.